The number of hydrogen-bond donors (Lipinski definition) is 0. The SMILES string of the molecule is CC(=O)Oc1ccc(OC(C)=O)c2c1CC=C(CCCOS(=O)(=O)c1ccc(C)cc1)C2. The highest BCUT2D eigenvalue weighted by molar-refractivity contribution is 7.86. The minimum absolute atomic E-state index is 0.0602. The van der Waals surface area contributed by atoms with Gasteiger partial charge in [0.2, 0.25) is 0 Å². The molecule has 0 N–H and O–H groups in total. The van der Waals surface area contributed by atoms with Crippen molar-refractivity contribution in [2.24, 2.45) is 0 Å². The lowest BCUT2D eigenvalue weighted by atomic mass is 9.88. The van der Waals surface area contributed by atoms with Crippen LogP contribution in [0, 0.1) is 6.92 Å². The molecule has 0 spiro atoms. The standard InChI is InChI=1S/C24H26O7S/c1-16-6-9-20(10-7-16)32(27,28)29-14-4-5-19-8-11-21-22(15-19)24(31-18(3)26)13-12-23(21)30-17(2)25/h6-10,12-13H,4-5,11,14-15H2,1-3H3. The van der Waals surface area contributed by atoms with E-state index in [1.54, 1.807) is 24.3 Å². The first-order valence-electron chi connectivity index (χ1n) is 10.3. The summed E-state index contributed by atoms with van der Waals surface area (Å²) in [4.78, 5) is 23.0. The van der Waals surface area contributed by atoms with Gasteiger partial charge in [-0.05, 0) is 56.9 Å². The number of benzene rings is 2. The number of carbonyl (C=O) groups is 2. The van der Waals surface area contributed by atoms with Crippen LogP contribution in [0.5, 0.6) is 11.5 Å². The number of ether oxygens (including phenoxy) is 2. The fraction of sp³-hybridized carbons (Fsp3) is 0.333. The highest BCUT2D eigenvalue weighted by Gasteiger charge is 2.22. The Morgan fingerprint density at radius 2 is 1.50 bits per heavy atom. The van der Waals surface area contributed by atoms with Crippen LogP contribution in [0.15, 0.2) is 52.9 Å². The second kappa shape index (κ2) is 10.1. The van der Waals surface area contributed by atoms with Gasteiger partial charge in [-0.15, -0.1) is 0 Å². The average Bonchev–Trinajstić information content (AvgIpc) is 2.72. The summed E-state index contributed by atoms with van der Waals surface area (Å²) in [5.41, 5.74) is 3.64. The molecule has 8 heteroatoms. The highest BCUT2D eigenvalue weighted by atomic mass is 32.2. The monoisotopic (exact) mass is 458 g/mol. The molecule has 0 aromatic heterocycles. The van der Waals surface area contributed by atoms with E-state index >= 15 is 0 Å². The fourth-order valence-corrected chi connectivity index (χ4v) is 4.49. The molecular formula is C24H26O7S. The van der Waals surface area contributed by atoms with E-state index in [0.717, 1.165) is 22.3 Å². The van der Waals surface area contributed by atoms with E-state index in [1.807, 2.05) is 13.0 Å². The Morgan fingerprint density at radius 1 is 0.906 bits per heavy atom. The van der Waals surface area contributed by atoms with Gasteiger partial charge in [-0.3, -0.25) is 13.8 Å². The molecule has 0 heterocycles. The van der Waals surface area contributed by atoms with Crippen LogP contribution in [0.25, 0.3) is 0 Å². The van der Waals surface area contributed by atoms with Gasteiger partial charge in [-0.25, -0.2) is 0 Å². The molecular weight excluding hydrogens is 432 g/mol. The summed E-state index contributed by atoms with van der Waals surface area (Å²) in [6.45, 7) is 4.61. The van der Waals surface area contributed by atoms with Crippen LogP contribution in [0.3, 0.4) is 0 Å². The Kier molecular flexibility index (Phi) is 7.48. The number of fused-ring (bicyclic) bond motifs is 1. The van der Waals surface area contributed by atoms with E-state index in [1.165, 1.54) is 26.0 Å². The molecule has 1 aliphatic rings. The molecule has 0 bridgehead atoms. The number of carbonyl (C=O) groups excluding carboxylic acids is 2. The molecule has 0 fully saturated rings. The van der Waals surface area contributed by atoms with Gasteiger partial charge in [-0.1, -0.05) is 29.3 Å². The van der Waals surface area contributed by atoms with Crippen molar-refractivity contribution in [1.82, 2.24) is 0 Å². The molecule has 2 aromatic carbocycles. The number of aryl methyl sites for hydroxylation is 1. The predicted molar refractivity (Wildman–Crippen MR) is 118 cm³/mol. The molecule has 3 rings (SSSR count). The van der Waals surface area contributed by atoms with Crippen LogP contribution >= 0.6 is 0 Å². The molecule has 0 radical (unpaired) electrons. The van der Waals surface area contributed by atoms with Gasteiger partial charge in [0.15, 0.2) is 0 Å². The van der Waals surface area contributed by atoms with Crippen molar-refractivity contribution in [2.45, 2.75) is 51.3 Å². The molecule has 170 valence electrons. The third-order valence-electron chi connectivity index (χ3n) is 5.04. The molecule has 0 saturated carbocycles. The van der Waals surface area contributed by atoms with Crippen molar-refractivity contribution in [3.63, 3.8) is 0 Å². The number of hydrogen-bond acceptors (Lipinski definition) is 7. The maximum absolute atomic E-state index is 12.3. The van der Waals surface area contributed by atoms with Crippen LogP contribution in [-0.4, -0.2) is 27.0 Å². The van der Waals surface area contributed by atoms with Crippen LogP contribution < -0.4 is 9.47 Å². The molecule has 1 aliphatic carbocycles. The van der Waals surface area contributed by atoms with Crippen molar-refractivity contribution in [2.75, 3.05) is 6.61 Å². The van der Waals surface area contributed by atoms with E-state index in [9.17, 15) is 18.0 Å². The second-order valence-electron chi connectivity index (χ2n) is 7.64. The molecule has 2 aromatic rings. The summed E-state index contributed by atoms with van der Waals surface area (Å²) in [5, 5.41) is 0. The summed E-state index contributed by atoms with van der Waals surface area (Å²) in [6.07, 6.45) is 4.20. The summed E-state index contributed by atoms with van der Waals surface area (Å²) in [7, 11) is -3.79. The van der Waals surface area contributed by atoms with Crippen molar-refractivity contribution >= 4 is 22.1 Å². The topological polar surface area (TPSA) is 96.0 Å². The molecule has 0 saturated heterocycles. The zero-order chi connectivity index (χ0) is 23.3. The van der Waals surface area contributed by atoms with Crippen LogP contribution in [-0.2, 0) is 36.7 Å². The van der Waals surface area contributed by atoms with Gasteiger partial charge < -0.3 is 9.47 Å². The Labute approximate surface area is 188 Å². The van der Waals surface area contributed by atoms with Crippen LogP contribution in [0.4, 0.5) is 0 Å². The second-order valence-corrected chi connectivity index (χ2v) is 9.26. The Morgan fingerprint density at radius 3 is 2.09 bits per heavy atom. The first-order valence-corrected chi connectivity index (χ1v) is 11.7. The number of allylic oxidation sites excluding steroid dienone is 2. The van der Waals surface area contributed by atoms with Crippen molar-refractivity contribution < 1.29 is 31.7 Å². The summed E-state index contributed by atoms with van der Waals surface area (Å²) >= 11 is 0. The third kappa shape index (κ3) is 6.05. The average molecular weight is 459 g/mol. The minimum Gasteiger partial charge on any atom is -0.426 e. The molecule has 0 unspecified atom stereocenters. The normalized spacial score (nSPS) is 13.2. The lowest BCUT2D eigenvalue weighted by molar-refractivity contribution is -0.133. The Balaban J connectivity index is 1.64. The minimum atomic E-state index is -3.79. The van der Waals surface area contributed by atoms with Crippen LogP contribution in [0.1, 0.15) is 43.4 Å². The van der Waals surface area contributed by atoms with Gasteiger partial charge >= 0.3 is 11.9 Å². The Hall–Kier alpha value is -2.97. The van der Waals surface area contributed by atoms with Gasteiger partial charge in [0, 0.05) is 25.0 Å². The van der Waals surface area contributed by atoms with Gasteiger partial charge in [0.1, 0.15) is 11.5 Å². The van der Waals surface area contributed by atoms with E-state index in [4.69, 9.17) is 13.7 Å². The molecule has 0 amide bonds. The van der Waals surface area contributed by atoms with Crippen molar-refractivity contribution in [3.8, 4) is 11.5 Å². The van der Waals surface area contributed by atoms with Crippen molar-refractivity contribution in [1.29, 1.82) is 0 Å². The number of esters is 2. The molecule has 7 nitrogen and oxygen atoms in total. The van der Waals surface area contributed by atoms with E-state index < -0.39 is 22.1 Å². The maximum atomic E-state index is 12.3. The number of rotatable bonds is 8. The lowest BCUT2D eigenvalue weighted by Crippen LogP contribution is -2.13. The van der Waals surface area contributed by atoms with Gasteiger partial charge in [-0.2, -0.15) is 8.42 Å². The summed E-state index contributed by atoms with van der Waals surface area (Å²) in [6, 6.07) is 9.77. The Bertz CT molecular complexity index is 1150. The predicted octanol–water partition coefficient (Wildman–Crippen LogP) is 4.06. The summed E-state index contributed by atoms with van der Waals surface area (Å²) < 4.78 is 40.4. The zero-order valence-corrected chi connectivity index (χ0v) is 19.2. The van der Waals surface area contributed by atoms with Gasteiger partial charge in [0.25, 0.3) is 10.1 Å². The lowest BCUT2D eigenvalue weighted by Gasteiger charge is -2.22. The first-order chi connectivity index (χ1) is 15.2. The smallest absolute Gasteiger partial charge is 0.308 e. The zero-order valence-electron chi connectivity index (χ0n) is 18.3. The van der Waals surface area contributed by atoms with Gasteiger partial charge in [0.05, 0.1) is 11.5 Å². The highest BCUT2D eigenvalue weighted by Crippen LogP contribution is 2.37. The van der Waals surface area contributed by atoms with Crippen LogP contribution in [0.2, 0.25) is 0 Å². The largest absolute Gasteiger partial charge is 0.426 e. The van der Waals surface area contributed by atoms with E-state index in [-0.39, 0.29) is 11.5 Å². The first kappa shape index (κ1) is 23.7. The van der Waals surface area contributed by atoms with Crippen molar-refractivity contribution in [3.05, 3.63) is 64.7 Å². The maximum Gasteiger partial charge on any atom is 0.308 e. The summed E-state index contributed by atoms with van der Waals surface area (Å²) in [5.74, 6) is 0.0332. The van der Waals surface area contributed by atoms with E-state index in [0.29, 0.717) is 37.2 Å². The quantitative estimate of drug-likeness (QED) is 0.194. The van der Waals surface area contributed by atoms with E-state index in [2.05, 4.69) is 0 Å². The molecule has 0 aliphatic heterocycles. The molecule has 32 heavy (non-hydrogen) atoms. The molecule has 0 atom stereocenters. The third-order valence-corrected chi connectivity index (χ3v) is 6.37. The fourth-order valence-electron chi connectivity index (χ4n) is 3.55.